The zero-order valence-corrected chi connectivity index (χ0v) is 14.7. The highest BCUT2D eigenvalue weighted by molar-refractivity contribution is 8.27. The van der Waals surface area contributed by atoms with Gasteiger partial charge in [0.15, 0.2) is 4.32 Å². The van der Waals surface area contributed by atoms with Crippen LogP contribution in [0.15, 0.2) is 53.4 Å². The van der Waals surface area contributed by atoms with Crippen LogP contribution < -0.4 is 9.64 Å². The van der Waals surface area contributed by atoms with Gasteiger partial charge in [0.2, 0.25) is 0 Å². The number of thioether (sulfide) groups is 1. The third-order valence-corrected chi connectivity index (χ3v) is 4.82. The van der Waals surface area contributed by atoms with Gasteiger partial charge < -0.3 is 4.74 Å². The zero-order valence-electron chi connectivity index (χ0n) is 13.0. The number of carbonyl (C=O) groups is 1. The summed E-state index contributed by atoms with van der Waals surface area (Å²) in [5.41, 5.74) is 1.05. The molecule has 3 rings (SSSR count). The number of thiocarbonyl (C=S) groups is 1. The van der Waals surface area contributed by atoms with E-state index in [9.17, 15) is 14.9 Å². The number of benzene rings is 2. The molecule has 1 aliphatic rings. The Bertz CT molecular complexity index is 897. The lowest BCUT2D eigenvalue weighted by atomic mass is 10.1. The first-order valence-corrected chi connectivity index (χ1v) is 8.39. The average Bonchev–Trinajstić information content (AvgIpc) is 2.89. The number of hydrogen-bond acceptors (Lipinski definition) is 6. The third-order valence-electron chi connectivity index (χ3n) is 3.52. The van der Waals surface area contributed by atoms with Gasteiger partial charge in [-0.3, -0.25) is 19.8 Å². The number of nitrogens with zero attached hydrogens (tertiary/aromatic N) is 2. The number of amides is 1. The van der Waals surface area contributed by atoms with Gasteiger partial charge in [-0.05, 0) is 24.3 Å². The van der Waals surface area contributed by atoms with Crippen molar-refractivity contribution in [1.29, 1.82) is 0 Å². The topological polar surface area (TPSA) is 72.7 Å². The van der Waals surface area contributed by atoms with E-state index < -0.39 is 4.92 Å². The SMILES string of the molecule is COc1ccc([N+](=O)[O-])cc1/C=C1\SC(=S)N(c2ccccc2)C1=O. The van der Waals surface area contributed by atoms with Gasteiger partial charge in [0.1, 0.15) is 5.75 Å². The summed E-state index contributed by atoms with van der Waals surface area (Å²) >= 11 is 6.46. The third kappa shape index (κ3) is 3.40. The molecule has 1 heterocycles. The standard InChI is InChI=1S/C17H12N2O4S2/c1-23-14-8-7-13(19(21)22)9-11(14)10-15-16(20)18(17(24)25-15)12-5-3-2-4-6-12/h2-10H,1H3/b15-10-. The van der Waals surface area contributed by atoms with Gasteiger partial charge >= 0.3 is 0 Å². The van der Waals surface area contributed by atoms with Crippen LogP contribution in [0.2, 0.25) is 0 Å². The summed E-state index contributed by atoms with van der Waals surface area (Å²) in [4.78, 5) is 25.0. The molecule has 126 valence electrons. The molecule has 0 radical (unpaired) electrons. The first-order chi connectivity index (χ1) is 12.0. The first-order valence-electron chi connectivity index (χ1n) is 7.16. The molecule has 25 heavy (non-hydrogen) atoms. The molecule has 0 aromatic heterocycles. The Kier molecular flexibility index (Phi) is 4.82. The number of para-hydroxylation sites is 1. The Morgan fingerprint density at radius 1 is 1.24 bits per heavy atom. The van der Waals surface area contributed by atoms with Crippen LogP contribution in [0.1, 0.15) is 5.56 Å². The van der Waals surface area contributed by atoms with Gasteiger partial charge in [0, 0.05) is 17.7 Å². The fourth-order valence-corrected chi connectivity index (χ4v) is 3.65. The lowest BCUT2D eigenvalue weighted by molar-refractivity contribution is -0.384. The van der Waals surface area contributed by atoms with Gasteiger partial charge in [-0.2, -0.15) is 0 Å². The molecule has 1 aliphatic heterocycles. The summed E-state index contributed by atoms with van der Waals surface area (Å²) in [5, 5.41) is 11.0. The molecular weight excluding hydrogens is 360 g/mol. The molecule has 0 bridgehead atoms. The molecule has 0 saturated carbocycles. The zero-order chi connectivity index (χ0) is 18.0. The molecular formula is C17H12N2O4S2. The van der Waals surface area contributed by atoms with E-state index in [2.05, 4.69) is 0 Å². The predicted octanol–water partition coefficient (Wildman–Crippen LogP) is 4.01. The highest BCUT2D eigenvalue weighted by Gasteiger charge is 2.33. The summed E-state index contributed by atoms with van der Waals surface area (Å²) in [5.74, 6) is 0.172. The molecule has 0 spiro atoms. The van der Waals surface area contributed by atoms with Crippen molar-refractivity contribution in [2.45, 2.75) is 0 Å². The molecule has 0 atom stereocenters. The molecule has 2 aromatic carbocycles. The number of rotatable bonds is 4. The second-order valence-corrected chi connectivity index (χ2v) is 6.71. The van der Waals surface area contributed by atoms with Crippen LogP contribution in [0, 0.1) is 10.1 Å². The summed E-state index contributed by atoms with van der Waals surface area (Å²) < 4.78 is 5.64. The smallest absolute Gasteiger partial charge is 0.270 e. The Morgan fingerprint density at radius 2 is 1.96 bits per heavy atom. The molecule has 8 heteroatoms. The molecule has 2 aromatic rings. The summed E-state index contributed by atoms with van der Waals surface area (Å²) in [6.07, 6.45) is 1.56. The molecule has 0 aliphatic carbocycles. The number of anilines is 1. The van der Waals surface area contributed by atoms with Crippen LogP contribution >= 0.6 is 24.0 Å². The largest absolute Gasteiger partial charge is 0.496 e. The lowest BCUT2D eigenvalue weighted by Gasteiger charge is -2.13. The van der Waals surface area contributed by atoms with Gasteiger partial charge in [-0.1, -0.05) is 42.2 Å². The molecule has 6 nitrogen and oxygen atoms in total. The number of nitro groups is 1. The van der Waals surface area contributed by atoms with E-state index >= 15 is 0 Å². The van der Waals surface area contributed by atoms with Crippen molar-refractivity contribution in [1.82, 2.24) is 0 Å². The number of carbonyl (C=O) groups excluding carboxylic acids is 1. The number of ether oxygens (including phenoxy) is 1. The maximum atomic E-state index is 12.7. The second kappa shape index (κ2) is 7.04. The lowest BCUT2D eigenvalue weighted by Crippen LogP contribution is -2.27. The Labute approximate surface area is 153 Å². The number of nitro benzene ring substituents is 1. The molecule has 1 fully saturated rings. The maximum Gasteiger partial charge on any atom is 0.270 e. The van der Waals surface area contributed by atoms with Gasteiger partial charge in [0.25, 0.3) is 11.6 Å². The van der Waals surface area contributed by atoms with Gasteiger partial charge in [-0.15, -0.1) is 0 Å². The molecule has 0 unspecified atom stereocenters. The van der Waals surface area contributed by atoms with Crippen LogP contribution in [-0.4, -0.2) is 22.3 Å². The number of non-ortho nitro benzene ring substituents is 1. The Morgan fingerprint density at radius 3 is 2.60 bits per heavy atom. The predicted molar refractivity (Wildman–Crippen MR) is 102 cm³/mol. The van der Waals surface area contributed by atoms with Crippen LogP contribution in [0.4, 0.5) is 11.4 Å². The van der Waals surface area contributed by atoms with Gasteiger partial charge in [-0.25, -0.2) is 0 Å². The van der Waals surface area contributed by atoms with Crippen molar-refractivity contribution < 1.29 is 14.5 Å². The molecule has 1 amide bonds. The van der Waals surface area contributed by atoms with E-state index in [1.54, 1.807) is 18.2 Å². The minimum absolute atomic E-state index is 0.0782. The molecule has 1 saturated heterocycles. The summed E-state index contributed by atoms with van der Waals surface area (Å²) in [6.45, 7) is 0. The van der Waals surface area contributed by atoms with Crippen LogP contribution in [0.3, 0.4) is 0 Å². The quantitative estimate of drug-likeness (QED) is 0.349. The molecule has 0 N–H and O–H groups in total. The van der Waals surface area contributed by atoms with E-state index in [1.807, 2.05) is 18.2 Å². The highest BCUT2D eigenvalue weighted by Crippen LogP contribution is 2.37. The van der Waals surface area contributed by atoms with Gasteiger partial charge in [0.05, 0.1) is 22.6 Å². The van der Waals surface area contributed by atoms with E-state index in [-0.39, 0.29) is 11.6 Å². The fraction of sp³-hybridized carbons (Fsp3) is 0.0588. The first kappa shape index (κ1) is 17.1. The van der Waals surface area contributed by atoms with Crippen molar-refractivity contribution in [3.05, 3.63) is 69.1 Å². The minimum Gasteiger partial charge on any atom is -0.496 e. The van der Waals surface area contributed by atoms with Crippen molar-refractivity contribution in [3.63, 3.8) is 0 Å². The van der Waals surface area contributed by atoms with E-state index in [0.29, 0.717) is 26.2 Å². The second-order valence-electron chi connectivity index (χ2n) is 5.04. The summed E-state index contributed by atoms with van der Waals surface area (Å²) in [7, 11) is 1.47. The fourth-order valence-electron chi connectivity index (χ4n) is 2.36. The van der Waals surface area contributed by atoms with E-state index in [1.165, 1.54) is 30.2 Å². The van der Waals surface area contributed by atoms with E-state index in [0.717, 1.165) is 11.8 Å². The Balaban J connectivity index is 2.00. The van der Waals surface area contributed by atoms with Crippen molar-refractivity contribution in [2.75, 3.05) is 12.0 Å². The minimum atomic E-state index is -0.494. The van der Waals surface area contributed by atoms with Crippen molar-refractivity contribution in [2.24, 2.45) is 0 Å². The number of methoxy groups -OCH3 is 1. The van der Waals surface area contributed by atoms with E-state index in [4.69, 9.17) is 17.0 Å². The van der Waals surface area contributed by atoms with Crippen LogP contribution in [0.5, 0.6) is 5.75 Å². The van der Waals surface area contributed by atoms with Crippen molar-refractivity contribution >= 4 is 51.7 Å². The number of hydrogen-bond donors (Lipinski definition) is 0. The van der Waals surface area contributed by atoms with Crippen molar-refractivity contribution in [3.8, 4) is 5.75 Å². The normalized spacial score (nSPS) is 15.7. The highest BCUT2D eigenvalue weighted by atomic mass is 32.2. The maximum absolute atomic E-state index is 12.7. The monoisotopic (exact) mass is 372 g/mol. The summed E-state index contributed by atoms with van der Waals surface area (Å²) in [6, 6.07) is 13.3. The average molecular weight is 372 g/mol. The Hall–Kier alpha value is -2.71. The van der Waals surface area contributed by atoms with Crippen LogP contribution in [-0.2, 0) is 4.79 Å². The van der Waals surface area contributed by atoms with Crippen LogP contribution in [0.25, 0.3) is 6.08 Å².